The highest BCUT2D eigenvalue weighted by atomic mass is 31.1. The average molecular weight is 254 g/mol. The van der Waals surface area contributed by atoms with Gasteiger partial charge in [0, 0.05) is 0 Å². The highest BCUT2D eigenvalue weighted by Gasteiger charge is 1.96. The fourth-order valence-electron chi connectivity index (χ4n) is 1.89. The van der Waals surface area contributed by atoms with E-state index < -0.39 is 0 Å². The van der Waals surface area contributed by atoms with Gasteiger partial charge in [0.05, 0.1) is 0 Å². The third-order valence-corrected chi connectivity index (χ3v) is 4.13. The van der Waals surface area contributed by atoms with Gasteiger partial charge in [-0.15, -0.1) is 6.58 Å². The van der Waals surface area contributed by atoms with Crippen LogP contribution in [0.2, 0.25) is 0 Å². The van der Waals surface area contributed by atoms with E-state index >= 15 is 0 Å². The van der Waals surface area contributed by atoms with Gasteiger partial charge in [-0.3, -0.25) is 0 Å². The topological polar surface area (TPSA) is 0 Å². The third-order valence-electron chi connectivity index (χ3n) is 2.89. The van der Waals surface area contributed by atoms with E-state index in [2.05, 4.69) is 61.2 Å². The van der Waals surface area contributed by atoms with Crippen LogP contribution in [-0.2, 0) is 6.42 Å². The Balaban J connectivity index is 1.93. The van der Waals surface area contributed by atoms with Crippen molar-refractivity contribution in [3.63, 3.8) is 0 Å². The highest BCUT2D eigenvalue weighted by molar-refractivity contribution is 7.55. The van der Waals surface area contributed by atoms with E-state index in [0.29, 0.717) is 0 Å². The Morgan fingerprint density at radius 3 is 2.22 bits per heavy atom. The Morgan fingerprint density at radius 1 is 0.889 bits per heavy atom. The summed E-state index contributed by atoms with van der Waals surface area (Å²) in [6, 6.07) is 19.7. The van der Waals surface area contributed by atoms with Gasteiger partial charge in [-0.2, -0.15) is 0 Å². The molecule has 1 unspecified atom stereocenters. The SMILES string of the molecule is C=CCCCc1ccc(Pc2ccccc2)cc1. The molecule has 0 amide bonds. The van der Waals surface area contributed by atoms with Crippen molar-refractivity contribution < 1.29 is 0 Å². The van der Waals surface area contributed by atoms with E-state index in [1.807, 2.05) is 6.08 Å². The van der Waals surface area contributed by atoms with Crippen molar-refractivity contribution in [1.82, 2.24) is 0 Å². The smallest absolute Gasteiger partial charge is 0.0226 e. The van der Waals surface area contributed by atoms with Crippen molar-refractivity contribution in [2.75, 3.05) is 0 Å². The number of aryl methyl sites for hydroxylation is 1. The molecular formula is C17H19P. The van der Waals surface area contributed by atoms with Crippen LogP contribution in [0.1, 0.15) is 18.4 Å². The van der Waals surface area contributed by atoms with Gasteiger partial charge < -0.3 is 0 Å². The molecule has 0 nitrogen and oxygen atoms in total. The molecule has 92 valence electrons. The zero-order valence-corrected chi connectivity index (χ0v) is 11.6. The molecule has 0 saturated carbocycles. The molecule has 2 aromatic rings. The molecule has 0 saturated heterocycles. The number of unbranched alkanes of at least 4 members (excludes halogenated alkanes) is 1. The van der Waals surface area contributed by atoms with E-state index in [1.54, 1.807) is 0 Å². The highest BCUT2D eigenvalue weighted by Crippen LogP contribution is 2.12. The van der Waals surface area contributed by atoms with Crippen molar-refractivity contribution in [2.45, 2.75) is 19.3 Å². The van der Waals surface area contributed by atoms with Gasteiger partial charge in [-0.1, -0.05) is 69.3 Å². The number of rotatable bonds is 6. The molecule has 2 aromatic carbocycles. The molecule has 0 aromatic heterocycles. The minimum absolute atomic E-state index is 0.759. The average Bonchev–Trinajstić information content (AvgIpc) is 2.42. The summed E-state index contributed by atoms with van der Waals surface area (Å²) in [4.78, 5) is 0. The van der Waals surface area contributed by atoms with Gasteiger partial charge >= 0.3 is 0 Å². The van der Waals surface area contributed by atoms with Crippen LogP contribution in [0, 0.1) is 0 Å². The van der Waals surface area contributed by atoms with Crippen molar-refractivity contribution in [2.24, 2.45) is 0 Å². The van der Waals surface area contributed by atoms with Crippen molar-refractivity contribution in [3.05, 3.63) is 72.8 Å². The number of hydrogen-bond acceptors (Lipinski definition) is 0. The quantitative estimate of drug-likeness (QED) is 0.417. The molecule has 0 aliphatic heterocycles. The van der Waals surface area contributed by atoms with E-state index in [9.17, 15) is 0 Å². The summed E-state index contributed by atoms with van der Waals surface area (Å²) >= 11 is 0. The summed E-state index contributed by atoms with van der Waals surface area (Å²) in [6.07, 6.45) is 5.45. The lowest BCUT2D eigenvalue weighted by Crippen LogP contribution is -2.02. The summed E-state index contributed by atoms with van der Waals surface area (Å²) < 4.78 is 0. The maximum atomic E-state index is 3.75. The molecule has 1 heteroatoms. The molecule has 0 N–H and O–H groups in total. The first-order chi connectivity index (χ1) is 8.88. The number of hydrogen-bond donors (Lipinski definition) is 0. The summed E-state index contributed by atoms with van der Waals surface area (Å²) in [5.41, 5.74) is 1.43. The van der Waals surface area contributed by atoms with E-state index in [1.165, 1.54) is 22.6 Å². The monoisotopic (exact) mass is 254 g/mol. The van der Waals surface area contributed by atoms with Crippen LogP contribution in [0.25, 0.3) is 0 Å². The van der Waals surface area contributed by atoms with Crippen molar-refractivity contribution in [3.8, 4) is 0 Å². The number of allylic oxidation sites excluding steroid dienone is 1. The standard InChI is InChI=1S/C17H19P/c1-2-3-5-8-15-11-13-17(14-12-15)18-16-9-6-4-7-10-16/h2,4,6-7,9-14,18H,1,3,5,8H2. The van der Waals surface area contributed by atoms with Crippen LogP contribution >= 0.6 is 8.58 Å². The zero-order valence-electron chi connectivity index (χ0n) is 10.6. The fourth-order valence-corrected chi connectivity index (χ4v) is 2.92. The first kappa shape index (κ1) is 13.1. The lowest BCUT2D eigenvalue weighted by Gasteiger charge is -2.04. The Kier molecular flexibility index (Phi) is 5.17. The maximum absolute atomic E-state index is 3.75. The van der Waals surface area contributed by atoms with Gasteiger partial charge in [-0.05, 0) is 35.4 Å². The first-order valence-electron chi connectivity index (χ1n) is 6.40. The molecule has 0 spiro atoms. The molecule has 0 aliphatic carbocycles. The minimum Gasteiger partial charge on any atom is -0.103 e. The molecule has 0 bridgehead atoms. The lowest BCUT2D eigenvalue weighted by molar-refractivity contribution is 0.844. The van der Waals surface area contributed by atoms with Gasteiger partial charge in [0.25, 0.3) is 0 Å². The summed E-state index contributed by atoms with van der Waals surface area (Å²) in [5.74, 6) is 0. The van der Waals surface area contributed by atoms with E-state index in [-0.39, 0.29) is 0 Å². The molecular weight excluding hydrogens is 235 g/mol. The van der Waals surface area contributed by atoms with Crippen LogP contribution in [0.3, 0.4) is 0 Å². The molecule has 0 heterocycles. The largest absolute Gasteiger partial charge is 0.103 e. The van der Waals surface area contributed by atoms with Crippen LogP contribution in [0.4, 0.5) is 0 Å². The van der Waals surface area contributed by atoms with E-state index in [4.69, 9.17) is 0 Å². The summed E-state index contributed by atoms with van der Waals surface area (Å²) in [7, 11) is 0.759. The maximum Gasteiger partial charge on any atom is -0.0226 e. The molecule has 2 rings (SSSR count). The zero-order chi connectivity index (χ0) is 12.6. The first-order valence-corrected chi connectivity index (χ1v) is 7.40. The summed E-state index contributed by atoms with van der Waals surface area (Å²) in [5, 5.41) is 2.81. The second-order valence-electron chi connectivity index (χ2n) is 4.37. The van der Waals surface area contributed by atoms with Crippen LogP contribution in [0.15, 0.2) is 67.3 Å². The van der Waals surface area contributed by atoms with Gasteiger partial charge in [0.15, 0.2) is 0 Å². The molecule has 0 radical (unpaired) electrons. The Morgan fingerprint density at radius 2 is 1.56 bits per heavy atom. The Bertz CT molecular complexity index is 471. The van der Waals surface area contributed by atoms with Gasteiger partial charge in [-0.25, -0.2) is 0 Å². The lowest BCUT2D eigenvalue weighted by atomic mass is 10.1. The third kappa shape index (κ3) is 4.13. The molecule has 0 fully saturated rings. The Hall–Kier alpha value is -1.39. The minimum atomic E-state index is 0.759. The van der Waals surface area contributed by atoms with Crippen LogP contribution in [0.5, 0.6) is 0 Å². The predicted octanol–water partition coefficient (Wildman–Crippen LogP) is 3.82. The molecule has 0 aliphatic rings. The van der Waals surface area contributed by atoms with E-state index in [0.717, 1.165) is 21.4 Å². The second kappa shape index (κ2) is 7.13. The van der Waals surface area contributed by atoms with Crippen LogP contribution < -0.4 is 10.6 Å². The predicted molar refractivity (Wildman–Crippen MR) is 83.6 cm³/mol. The second-order valence-corrected chi connectivity index (χ2v) is 5.77. The van der Waals surface area contributed by atoms with Gasteiger partial charge in [0.2, 0.25) is 0 Å². The number of benzene rings is 2. The molecule has 1 atom stereocenters. The fraction of sp³-hybridized carbons (Fsp3) is 0.176. The Labute approximate surface area is 112 Å². The van der Waals surface area contributed by atoms with Crippen molar-refractivity contribution in [1.29, 1.82) is 0 Å². The van der Waals surface area contributed by atoms with Crippen LogP contribution in [-0.4, -0.2) is 0 Å². The molecule has 18 heavy (non-hydrogen) atoms. The van der Waals surface area contributed by atoms with Crippen molar-refractivity contribution >= 4 is 19.2 Å². The normalized spacial score (nSPS) is 10.9. The summed E-state index contributed by atoms with van der Waals surface area (Å²) in [6.45, 7) is 3.75. The van der Waals surface area contributed by atoms with Gasteiger partial charge in [0.1, 0.15) is 0 Å².